The molecule has 0 aliphatic heterocycles. The lowest BCUT2D eigenvalue weighted by atomic mass is 10.2. The van der Waals surface area contributed by atoms with Crippen molar-refractivity contribution in [1.82, 2.24) is 10.6 Å². The Morgan fingerprint density at radius 2 is 1.83 bits per heavy atom. The molecule has 23 heavy (non-hydrogen) atoms. The Labute approximate surface area is 163 Å². The van der Waals surface area contributed by atoms with E-state index in [1.165, 1.54) is 0 Å². The topological polar surface area (TPSA) is 64.1 Å². The summed E-state index contributed by atoms with van der Waals surface area (Å²) in [5.74, 6) is 2.10. The first-order valence-corrected chi connectivity index (χ1v) is 7.71. The molecule has 132 valence electrons. The molecule has 0 saturated carbocycles. The molecule has 0 fully saturated rings. The van der Waals surface area contributed by atoms with Crippen LogP contribution in [-0.2, 0) is 11.3 Å². The van der Waals surface area contributed by atoms with Gasteiger partial charge in [-0.1, -0.05) is 15.9 Å². The Morgan fingerprint density at radius 1 is 1.22 bits per heavy atom. The first-order chi connectivity index (χ1) is 10.5. The van der Waals surface area contributed by atoms with Crippen LogP contribution in [0, 0.1) is 0 Å². The van der Waals surface area contributed by atoms with Crippen molar-refractivity contribution in [3.05, 3.63) is 22.2 Å². The highest BCUT2D eigenvalue weighted by atomic mass is 127. The van der Waals surface area contributed by atoms with Crippen LogP contribution in [-0.4, -0.2) is 47.0 Å². The molecule has 6 nitrogen and oxygen atoms in total. The monoisotopic (exact) mass is 501 g/mol. The van der Waals surface area contributed by atoms with E-state index in [4.69, 9.17) is 14.2 Å². The number of halogens is 2. The van der Waals surface area contributed by atoms with Gasteiger partial charge in [0.25, 0.3) is 0 Å². The van der Waals surface area contributed by atoms with Gasteiger partial charge in [-0.3, -0.25) is 4.99 Å². The molecular formula is C15H25BrIN3O3. The van der Waals surface area contributed by atoms with Gasteiger partial charge in [0.15, 0.2) is 17.5 Å². The molecule has 0 spiro atoms. The lowest BCUT2D eigenvalue weighted by Crippen LogP contribution is -2.43. The number of methoxy groups -OCH3 is 3. The second-order valence-electron chi connectivity index (χ2n) is 4.73. The van der Waals surface area contributed by atoms with Gasteiger partial charge in [0.05, 0.1) is 20.8 Å². The number of benzene rings is 1. The van der Waals surface area contributed by atoms with Gasteiger partial charge in [-0.25, -0.2) is 0 Å². The molecule has 0 saturated heterocycles. The number of rotatable bonds is 7. The Hall–Kier alpha value is -0.740. The summed E-state index contributed by atoms with van der Waals surface area (Å²) in [6, 6.07) is 3.99. The highest BCUT2D eigenvalue weighted by molar-refractivity contribution is 14.0. The first kappa shape index (κ1) is 22.3. The lowest BCUT2D eigenvalue weighted by Gasteiger charge is -2.18. The van der Waals surface area contributed by atoms with Crippen LogP contribution < -0.4 is 20.1 Å². The summed E-state index contributed by atoms with van der Waals surface area (Å²) in [4.78, 5) is 4.20. The molecule has 0 aliphatic rings. The number of ether oxygens (including phenoxy) is 3. The third-order valence-electron chi connectivity index (χ3n) is 3.02. The van der Waals surface area contributed by atoms with Gasteiger partial charge in [0.2, 0.25) is 0 Å². The average Bonchev–Trinajstić information content (AvgIpc) is 2.52. The van der Waals surface area contributed by atoms with E-state index in [1.807, 2.05) is 19.1 Å². The highest BCUT2D eigenvalue weighted by Gasteiger charge is 2.11. The molecule has 1 unspecified atom stereocenters. The number of hydrogen-bond acceptors (Lipinski definition) is 4. The van der Waals surface area contributed by atoms with Gasteiger partial charge in [-0.15, -0.1) is 24.0 Å². The van der Waals surface area contributed by atoms with Gasteiger partial charge >= 0.3 is 0 Å². The molecule has 0 heterocycles. The van der Waals surface area contributed by atoms with E-state index in [0.29, 0.717) is 30.6 Å². The van der Waals surface area contributed by atoms with Crippen LogP contribution in [0.2, 0.25) is 0 Å². The fourth-order valence-electron chi connectivity index (χ4n) is 1.93. The molecule has 0 aromatic heterocycles. The molecule has 1 atom stereocenters. The molecule has 2 N–H and O–H groups in total. The van der Waals surface area contributed by atoms with Crippen molar-refractivity contribution >= 4 is 45.9 Å². The van der Waals surface area contributed by atoms with Crippen LogP contribution in [0.4, 0.5) is 0 Å². The molecule has 0 aliphatic carbocycles. The van der Waals surface area contributed by atoms with Gasteiger partial charge in [-0.05, 0) is 24.6 Å². The molecule has 1 aromatic carbocycles. The van der Waals surface area contributed by atoms with Crippen molar-refractivity contribution < 1.29 is 14.2 Å². The zero-order valence-electron chi connectivity index (χ0n) is 14.1. The van der Waals surface area contributed by atoms with Gasteiger partial charge in [-0.2, -0.15) is 0 Å². The van der Waals surface area contributed by atoms with E-state index in [1.54, 1.807) is 28.4 Å². The predicted octanol–water partition coefficient (Wildman–Crippen LogP) is 2.78. The quantitative estimate of drug-likeness (QED) is 0.341. The first-order valence-electron chi connectivity index (χ1n) is 6.92. The molecule has 1 rings (SSSR count). The Balaban J connectivity index is 0.00000484. The Morgan fingerprint density at radius 3 is 2.35 bits per heavy atom. The van der Waals surface area contributed by atoms with Crippen molar-refractivity contribution in [2.45, 2.75) is 19.5 Å². The molecule has 0 amide bonds. The maximum Gasteiger partial charge on any atom is 0.191 e. The zero-order valence-corrected chi connectivity index (χ0v) is 18.0. The van der Waals surface area contributed by atoms with Crippen LogP contribution in [0.3, 0.4) is 0 Å². The number of aliphatic imine (C=N–C) groups is 1. The summed E-state index contributed by atoms with van der Waals surface area (Å²) in [7, 11) is 6.65. The van der Waals surface area contributed by atoms with Crippen molar-refractivity contribution in [2.24, 2.45) is 4.99 Å². The van der Waals surface area contributed by atoms with Crippen LogP contribution in [0.5, 0.6) is 11.5 Å². The van der Waals surface area contributed by atoms with E-state index in [-0.39, 0.29) is 30.0 Å². The maximum atomic E-state index is 5.33. The largest absolute Gasteiger partial charge is 0.493 e. The van der Waals surface area contributed by atoms with E-state index >= 15 is 0 Å². The molecule has 0 radical (unpaired) electrons. The number of nitrogens with zero attached hydrogens (tertiary/aromatic N) is 1. The SMILES string of the molecule is CN=C(NCc1cc(OC)c(OC)cc1Br)NC(C)COC.I. The average molecular weight is 502 g/mol. The van der Waals surface area contributed by atoms with E-state index in [0.717, 1.165) is 10.0 Å². The number of nitrogens with one attached hydrogen (secondary N) is 2. The second kappa shape index (κ2) is 11.7. The molecular weight excluding hydrogens is 477 g/mol. The number of guanidine groups is 1. The summed E-state index contributed by atoms with van der Waals surface area (Å²) in [5.41, 5.74) is 1.04. The molecule has 0 bridgehead atoms. The minimum atomic E-state index is 0. The van der Waals surface area contributed by atoms with Crippen LogP contribution in [0.1, 0.15) is 12.5 Å². The zero-order chi connectivity index (χ0) is 16.5. The normalized spacial score (nSPS) is 12.2. The predicted molar refractivity (Wildman–Crippen MR) is 107 cm³/mol. The standard InChI is InChI=1S/C15H24BrN3O3.HI/c1-10(9-20-3)19-15(17-2)18-8-11-6-13(21-4)14(22-5)7-12(11)16;/h6-7,10H,8-9H2,1-5H3,(H2,17,18,19);1H. The Kier molecular flexibility index (Phi) is 11.4. The van der Waals surface area contributed by atoms with Crippen molar-refractivity contribution in [1.29, 1.82) is 0 Å². The second-order valence-corrected chi connectivity index (χ2v) is 5.58. The minimum Gasteiger partial charge on any atom is -0.493 e. The highest BCUT2D eigenvalue weighted by Crippen LogP contribution is 2.33. The summed E-state index contributed by atoms with van der Waals surface area (Å²) < 4.78 is 16.6. The van der Waals surface area contributed by atoms with Gasteiger partial charge in [0, 0.05) is 31.2 Å². The fraction of sp³-hybridized carbons (Fsp3) is 0.533. The summed E-state index contributed by atoms with van der Waals surface area (Å²) >= 11 is 3.54. The summed E-state index contributed by atoms with van der Waals surface area (Å²) in [5, 5.41) is 6.51. The van der Waals surface area contributed by atoms with Gasteiger partial charge in [0.1, 0.15) is 0 Å². The number of hydrogen-bond donors (Lipinski definition) is 2. The van der Waals surface area contributed by atoms with Crippen LogP contribution in [0.15, 0.2) is 21.6 Å². The van der Waals surface area contributed by atoms with E-state index < -0.39 is 0 Å². The van der Waals surface area contributed by atoms with Gasteiger partial charge < -0.3 is 24.8 Å². The molecule has 1 aromatic rings. The Bertz CT molecular complexity index is 515. The van der Waals surface area contributed by atoms with Crippen LogP contribution >= 0.6 is 39.9 Å². The fourth-order valence-corrected chi connectivity index (χ4v) is 2.39. The van der Waals surface area contributed by atoms with Crippen molar-refractivity contribution in [3.63, 3.8) is 0 Å². The smallest absolute Gasteiger partial charge is 0.191 e. The van der Waals surface area contributed by atoms with E-state index in [9.17, 15) is 0 Å². The summed E-state index contributed by atoms with van der Waals surface area (Å²) in [6.07, 6.45) is 0. The lowest BCUT2D eigenvalue weighted by molar-refractivity contribution is 0.179. The molecule has 8 heteroatoms. The minimum absolute atomic E-state index is 0. The van der Waals surface area contributed by atoms with Crippen molar-refractivity contribution in [2.75, 3.05) is 35.0 Å². The third kappa shape index (κ3) is 7.13. The van der Waals surface area contributed by atoms with E-state index in [2.05, 4.69) is 31.6 Å². The maximum absolute atomic E-state index is 5.33. The third-order valence-corrected chi connectivity index (χ3v) is 3.76. The summed E-state index contributed by atoms with van der Waals surface area (Å²) in [6.45, 7) is 3.24. The van der Waals surface area contributed by atoms with Crippen LogP contribution in [0.25, 0.3) is 0 Å². The van der Waals surface area contributed by atoms with Crippen molar-refractivity contribution in [3.8, 4) is 11.5 Å².